The van der Waals surface area contributed by atoms with Crippen molar-refractivity contribution in [2.75, 3.05) is 19.8 Å². The number of benzene rings is 3. The predicted octanol–water partition coefficient (Wildman–Crippen LogP) is 7.15. The molecular formula is C39H51O7P. The van der Waals surface area contributed by atoms with Crippen LogP contribution in [-0.2, 0) is 52.4 Å². The third kappa shape index (κ3) is 12.4. The van der Waals surface area contributed by atoms with E-state index in [4.69, 9.17) is 14.2 Å². The Kier molecular flexibility index (Phi) is 16.5. The fraction of sp³-hybridized carbons (Fsp3) is 0.462. The van der Waals surface area contributed by atoms with E-state index in [9.17, 15) is 14.4 Å². The van der Waals surface area contributed by atoms with Crippen LogP contribution in [0.3, 0.4) is 0 Å². The van der Waals surface area contributed by atoms with Crippen LogP contribution in [0, 0.1) is 0 Å². The van der Waals surface area contributed by atoms with Crippen molar-refractivity contribution in [2.45, 2.75) is 97.8 Å². The number of esters is 3. The molecule has 0 heterocycles. The molecule has 0 aliphatic carbocycles. The Bertz CT molecular complexity index is 1250. The second-order valence-corrected chi connectivity index (χ2v) is 14.6. The molecule has 3 aromatic carbocycles. The fourth-order valence-electron chi connectivity index (χ4n) is 5.01. The van der Waals surface area contributed by atoms with Gasteiger partial charge in [-0.2, -0.15) is 0 Å². The molecule has 0 saturated heterocycles. The number of hydrogen-bond acceptors (Lipinski definition) is 7. The van der Waals surface area contributed by atoms with Gasteiger partial charge >= 0.3 is 17.9 Å². The van der Waals surface area contributed by atoms with Crippen molar-refractivity contribution < 1.29 is 33.2 Å². The van der Waals surface area contributed by atoms with Crippen molar-refractivity contribution in [3.63, 3.8) is 0 Å². The van der Waals surface area contributed by atoms with E-state index >= 15 is 4.57 Å². The Morgan fingerprint density at radius 2 is 0.723 bits per heavy atom. The summed E-state index contributed by atoms with van der Waals surface area (Å²) in [5.41, 5.74) is 2.90. The van der Waals surface area contributed by atoms with Gasteiger partial charge in [-0.1, -0.05) is 113 Å². The van der Waals surface area contributed by atoms with Gasteiger partial charge in [-0.05, 0) is 55.2 Å². The molecule has 0 radical (unpaired) electrons. The third-order valence-electron chi connectivity index (χ3n) is 8.04. The number of ether oxygens (including phenoxy) is 3. The van der Waals surface area contributed by atoms with Gasteiger partial charge in [-0.3, -0.25) is 14.4 Å². The summed E-state index contributed by atoms with van der Waals surface area (Å²) in [5, 5.41) is 2.06. The number of carbonyl (C=O) groups is 3. The largest absolute Gasteiger partial charge is 0.466 e. The van der Waals surface area contributed by atoms with Gasteiger partial charge in [0.2, 0.25) is 0 Å². The minimum atomic E-state index is -3.28. The first-order valence-electron chi connectivity index (χ1n) is 17.2. The Labute approximate surface area is 280 Å². The highest BCUT2D eigenvalue weighted by atomic mass is 31.2. The quantitative estimate of drug-likeness (QED) is 0.0517. The maximum atomic E-state index is 15.2. The van der Waals surface area contributed by atoms with Crippen molar-refractivity contribution in [1.82, 2.24) is 0 Å². The average Bonchev–Trinajstić information content (AvgIpc) is 3.09. The minimum Gasteiger partial charge on any atom is -0.466 e. The summed E-state index contributed by atoms with van der Waals surface area (Å²) in [6.07, 6.45) is 8.00. The lowest BCUT2D eigenvalue weighted by molar-refractivity contribution is -0.144. The molecule has 3 aromatic rings. The molecule has 0 fully saturated rings. The first-order valence-corrected chi connectivity index (χ1v) is 18.9. The van der Waals surface area contributed by atoms with Crippen molar-refractivity contribution in [3.8, 4) is 0 Å². The molecule has 0 atom stereocenters. The molecule has 47 heavy (non-hydrogen) atoms. The molecule has 8 heteroatoms. The molecule has 0 aliphatic rings. The zero-order valence-electron chi connectivity index (χ0n) is 28.3. The first kappa shape index (κ1) is 37.8. The Balaban J connectivity index is 1.79. The van der Waals surface area contributed by atoms with Crippen LogP contribution in [0.15, 0.2) is 72.8 Å². The van der Waals surface area contributed by atoms with E-state index in [-0.39, 0.29) is 17.9 Å². The van der Waals surface area contributed by atoms with Gasteiger partial charge in [0.15, 0.2) is 7.14 Å². The Hall–Kier alpha value is -3.70. The van der Waals surface area contributed by atoms with Crippen molar-refractivity contribution in [1.29, 1.82) is 0 Å². The summed E-state index contributed by atoms with van der Waals surface area (Å²) in [6, 6.07) is 22.9. The second-order valence-electron chi connectivity index (χ2n) is 11.8. The highest BCUT2D eigenvalue weighted by Gasteiger charge is 2.30. The summed E-state index contributed by atoms with van der Waals surface area (Å²) in [5.74, 6) is -0.634. The van der Waals surface area contributed by atoms with Gasteiger partial charge in [0.25, 0.3) is 0 Å². The zero-order chi connectivity index (χ0) is 33.9. The SMILES string of the molecule is CCCCOC(=O)CCc1ccc(P(=O)(c2ccc(CCC(=O)OCCCC)cc2)c2ccc(CCC(=O)OCCCC)cc2)cc1. The predicted molar refractivity (Wildman–Crippen MR) is 188 cm³/mol. The van der Waals surface area contributed by atoms with Crippen LogP contribution in [0.2, 0.25) is 0 Å². The van der Waals surface area contributed by atoms with Gasteiger partial charge in [0.1, 0.15) is 0 Å². The zero-order valence-corrected chi connectivity index (χ0v) is 29.2. The van der Waals surface area contributed by atoms with Crippen LogP contribution in [0.4, 0.5) is 0 Å². The summed E-state index contributed by atoms with van der Waals surface area (Å²) in [6.45, 7) is 7.50. The monoisotopic (exact) mass is 662 g/mol. The summed E-state index contributed by atoms with van der Waals surface area (Å²) < 4.78 is 31.0. The van der Waals surface area contributed by atoms with E-state index in [1.54, 1.807) is 0 Å². The molecule has 0 amide bonds. The topological polar surface area (TPSA) is 96.0 Å². The number of carbonyl (C=O) groups excluding carboxylic acids is 3. The van der Waals surface area contributed by atoms with E-state index in [1.165, 1.54) is 0 Å². The van der Waals surface area contributed by atoms with Crippen LogP contribution in [0.1, 0.15) is 95.2 Å². The van der Waals surface area contributed by atoms with Gasteiger partial charge in [-0.15, -0.1) is 0 Å². The van der Waals surface area contributed by atoms with Gasteiger partial charge in [0, 0.05) is 35.2 Å². The lowest BCUT2D eigenvalue weighted by atomic mass is 10.1. The maximum Gasteiger partial charge on any atom is 0.306 e. The third-order valence-corrected chi connectivity index (χ3v) is 11.1. The normalized spacial score (nSPS) is 11.2. The first-order chi connectivity index (χ1) is 22.8. The fourth-order valence-corrected chi connectivity index (χ4v) is 7.61. The number of rotatable bonds is 21. The summed E-state index contributed by atoms with van der Waals surface area (Å²) in [4.78, 5) is 36.3. The van der Waals surface area contributed by atoms with Crippen LogP contribution < -0.4 is 15.9 Å². The average molecular weight is 663 g/mol. The molecule has 3 rings (SSSR count). The van der Waals surface area contributed by atoms with Gasteiger partial charge in [-0.25, -0.2) is 0 Å². The highest BCUT2D eigenvalue weighted by molar-refractivity contribution is 7.85. The van der Waals surface area contributed by atoms with Crippen LogP contribution in [0.5, 0.6) is 0 Å². The van der Waals surface area contributed by atoms with Gasteiger partial charge < -0.3 is 18.8 Å². The highest BCUT2D eigenvalue weighted by Crippen LogP contribution is 2.42. The number of unbranched alkanes of at least 4 members (excludes halogenated alkanes) is 3. The molecule has 0 aromatic heterocycles. The van der Waals surface area contributed by atoms with E-state index in [0.29, 0.717) is 74.3 Å². The maximum absolute atomic E-state index is 15.2. The van der Waals surface area contributed by atoms with Crippen molar-refractivity contribution >= 4 is 41.0 Å². The molecule has 0 unspecified atom stereocenters. The van der Waals surface area contributed by atoms with Crippen LogP contribution in [-0.4, -0.2) is 37.7 Å². The van der Waals surface area contributed by atoms with Crippen molar-refractivity contribution in [2.24, 2.45) is 0 Å². The number of hydrogen-bond donors (Lipinski definition) is 0. The summed E-state index contributed by atoms with van der Waals surface area (Å²) >= 11 is 0. The standard InChI is InChI=1S/C39H51O7P/c1-4-7-28-44-37(40)25-16-31-10-19-34(20-11-31)47(43,35-21-12-32(13-22-35)17-26-38(41)45-29-8-5-2)36-23-14-33(15-24-36)18-27-39(42)46-30-9-6-3/h10-15,19-24H,4-9,16-18,25-30H2,1-3H3. The smallest absolute Gasteiger partial charge is 0.306 e. The van der Waals surface area contributed by atoms with Crippen LogP contribution in [0.25, 0.3) is 0 Å². The molecule has 0 N–H and O–H groups in total. The Morgan fingerprint density at radius 3 is 0.957 bits per heavy atom. The van der Waals surface area contributed by atoms with E-state index < -0.39 is 7.14 Å². The van der Waals surface area contributed by atoms with E-state index in [1.807, 2.05) is 72.8 Å². The number of aryl methyl sites for hydroxylation is 3. The molecule has 0 spiro atoms. The van der Waals surface area contributed by atoms with Gasteiger partial charge in [0.05, 0.1) is 19.8 Å². The van der Waals surface area contributed by atoms with Crippen molar-refractivity contribution in [3.05, 3.63) is 89.5 Å². The van der Waals surface area contributed by atoms with E-state index in [0.717, 1.165) is 55.2 Å². The molecular weight excluding hydrogens is 611 g/mol. The summed E-state index contributed by atoms with van der Waals surface area (Å²) in [7, 11) is -3.28. The molecule has 0 aliphatic heterocycles. The van der Waals surface area contributed by atoms with E-state index in [2.05, 4.69) is 20.8 Å². The molecule has 0 bridgehead atoms. The second kappa shape index (κ2) is 20.5. The minimum absolute atomic E-state index is 0.211. The molecule has 0 saturated carbocycles. The lowest BCUT2D eigenvalue weighted by Crippen LogP contribution is -2.25. The van der Waals surface area contributed by atoms with Crippen LogP contribution >= 0.6 is 7.14 Å². The molecule has 254 valence electrons. The lowest BCUT2D eigenvalue weighted by Gasteiger charge is -2.21. The molecule has 7 nitrogen and oxygen atoms in total. The Morgan fingerprint density at radius 1 is 0.468 bits per heavy atom.